The number of primary amides is 1. The normalized spacial score (nSPS) is 11.9. The summed E-state index contributed by atoms with van der Waals surface area (Å²) >= 11 is 0. The number of amides is 1. The molecule has 1 aromatic carbocycles. The van der Waals surface area contributed by atoms with Gasteiger partial charge in [-0.2, -0.15) is 0 Å². The van der Waals surface area contributed by atoms with Crippen molar-refractivity contribution in [2.45, 2.75) is 58.4 Å². The van der Waals surface area contributed by atoms with Crippen LogP contribution in [0.25, 0.3) is 0 Å². The molecule has 21 heavy (non-hydrogen) atoms. The number of hydrogen-bond acceptors (Lipinski definition) is 3. The summed E-state index contributed by atoms with van der Waals surface area (Å²) < 4.78 is 5.63. The summed E-state index contributed by atoms with van der Waals surface area (Å²) in [5.74, 6) is 0.434. The van der Waals surface area contributed by atoms with Gasteiger partial charge in [0, 0.05) is 6.04 Å². The predicted molar refractivity (Wildman–Crippen MR) is 87.6 cm³/mol. The van der Waals surface area contributed by atoms with Gasteiger partial charge in [0.05, 0.1) is 18.7 Å². The van der Waals surface area contributed by atoms with E-state index in [0.717, 1.165) is 17.9 Å². The lowest BCUT2D eigenvalue weighted by molar-refractivity contribution is -0.118. The van der Waals surface area contributed by atoms with Crippen LogP contribution >= 0.6 is 0 Å². The molecule has 0 aliphatic rings. The van der Waals surface area contributed by atoms with E-state index in [1.165, 1.54) is 25.7 Å². The van der Waals surface area contributed by atoms with Crippen LogP contribution in [-0.2, 0) is 4.79 Å². The maximum atomic E-state index is 10.8. The van der Waals surface area contributed by atoms with Crippen molar-refractivity contribution in [2.24, 2.45) is 5.73 Å². The minimum Gasteiger partial charge on any atom is -0.491 e. The van der Waals surface area contributed by atoms with E-state index in [2.05, 4.69) is 19.2 Å². The molecule has 1 amide bonds. The average Bonchev–Trinajstić information content (AvgIpc) is 2.45. The molecule has 0 saturated heterocycles. The van der Waals surface area contributed by atoms with Crippen molar-refractivity contribution in [3.8, 4) is 5.75 Å². The van der Waals surface area contributed by atoms with E-state index in [9.17, 15) is 4.79 Å². The van der Waals surface area contributed by atoms with Crippen LogP contribution in [0.15, 0.2) is 24.3 Å². The second-order valence-electron chi connectivity index (χ2n) is 5.46. The molecule has 0 aliphatic carbocycles. The van der Waals surface area contributed by atoms with Gasteiger partial charge in [0.25, 0.3) is 0 Å². The summed E-state index contributed by atoms with van der Waals surface area (Å²) in [4.78, 5) is 10.8. The molecular weight excluding hydrogens is 264 g/mol. The van der Waals surface area contributed by atoms with Gasteiger partial charge in [0.15, 0.2) is 0 Å². The number of nitrogens with two attached hydrogens (primary N) is 1. The Morgan fingerprint density at radius 1 is 1.29 bits per heavy atom. The number of hydrogen-bond donors (Lipinski definition) is 2. The fourth-order valence-corrected chi connectivity index (χ4v) is 2.19. The second kappa shape index (κ2) is 10.1. The van der Waals surface area contributed by atoms with Gasteiger partial charge >= 0.3 is 0 Å². The van der Waals surface area contributed by atoms with Gasteiger partial charge in [0.1, 0.15) is 5.75 Å². The number of nitrogens with one attached hydrogen (secondary N) is 1. The molecule has 0 aromatic heterocycles. The topological polar surface area (TPSA) is 64.3 Å². The first-order valence-corrected chi connectivity index (χ1v) is 7.90. The van der Waals surface area contributed by atoms with Gasteiger partial charge < -0.3 is 15.8 Å². The number of rotatable bonds is 11. The van der Waals surface area contributed by atoms with E-state index in [1.54, 1.807) is 0 Å². The number of carbonyl (C=O) groups excluding carboxylic acids is 1. The highest BCUT2D eigenvalue weighted by Gasteiger charge is 2.07. The minimum absolute atomic E-state index is 0.237. The number of anilines is 1. The standard InChI is InChI=1S/C17H28N2O2/c1-3-4-5-6-9-14(2)19-15-10-7-8-11-16(15)21-13-12-17(18)20/h7-8,10-11,14,19H,3-6,9,12-13H2,1-2H3,(H2,18,20). The maximum absolute atomic E-state index is 10.8. The van der Waals surface area contributed by atoms with Crippen molar-refractivity contribution in [2.75, 3.05) is 11.9 Å². The lowest BCUT2D eigenvalue weighted by atomic mass is 10.1. The molecule has 4 heteroatoms. The molecule has 0 heterocycles. The van der Waals surface area contributed by atoms with E-state index >= 15 is 0 Å². The summed E-state index contributed by atoms with van der Waals surface area (Å²) in [6.45, 7) is 4.73. The maximum Gasteiger partial charge on any atom is 0.220 e. The molecule has 4 nitrogen and oxygen atoms in total. The van der Waals surface area contributed by atoms with Crippen LogP contribution in [-0.4, -0.2) is 18.6 Å². The highest BCUT2D eigenvalue weighted by molar-refractivity contribution is 5.73. The van der Waals surface area contributed by atoms with Crippen molar-refractivity contribution in [3.05, 3.63) is 24.3 Å². The Balaban J connectivity index is 2.44. The largest absolute Gasteiger partial charge is 0.491 e. The van der Waals surface area contributed by atoms with E-state index in [1.807, 2.05) is 24.3 Å². The van der Waals surface area contributed by atoms with Gasteiger partial charge in [-0.3, -0.25) is 4.79 Å². The lowest BCUT2D eigenvalue weighted by Crippen LogP contribution is -2.17. The second-order valence-corrected chi connectivity index (χ2v) is 5.46. The smallest absolute Gasteiger partial charge is 0.220 e. The van der Waals surface area contributed by atoms with Crippen LogP contribution in [0, 0.1) is 0 Å². The van der Waals surface area contributed by atoms with Crippen LogP contribution in [0.5, 0.6) is 5.75 Å². The van der Waals surface area contributed by atoms with Gasteiger partial charge in [-0.1, -0.05) is 44.7 Å². The third kappa shape index (κ3) is 7.59. The molecule has 0 bridgehead atoms. The zero-order valence-corrected chi connectivity index (χ0v) is 13.2. The first kappa shape index (κ1) is 17.3. The van der Waals surface area contributed by atoms with Crippen LogP contribution in [0.3, 0.4) is 0 Å². The molecule has 0 spiro atoms. The highest BCUT2D eigenvalue weighted by Crippen LogP contribution is 2.25. The highest BCUT2D eigenvalue weighted by atomic mass is 16.5. The number of carbonyl (C=O) groups is 1. The average molecular weight is 292 g/mol. The van der Waals surface area contributed by atoms with Crippen LogP contribution in [0.2, 0.25) is 0 Å². The van der Waals surface area contributed by atoms with Gasteiger partial charge in [0.2, 0.25) is 5.91 Å². The van der Waals surface area contributed by atoms with Crippen molar-refractivity contribution < 1.29 is 9.53 Å². The first-order chi connectivity index (χ1) is 10.1. The monoisotopic (exact) mass is 292 g/mol. The minimum atomic E-state index is -0.343. The molecule has 1 rings (SSSR count). The third-order valence-corrected chi connectivity index (χ3v) is 3.39. The Hall–Kier alpha value is -1.71. The number of benzene rings is 1. The summed E-state index contributed by atoms with van der Waals surface area (Å²) in [5, 5.41) is 3.48. The zero-order chi connectivity index (χ0) is 15.5. The fraction of sp³-hybridized carbons (Fsp3) is 0.588. The van der Waals surface area contributed by atoms with Crippen molar-refractivity contribution in [3.63, 3.8) is 0 Å². The molecule has 1 atom stereocenters. The number of ether oxygens (including phenoxy) is 1. The van der Waals surface area contributed by atoms with E-state index < -0.39 is 0 Å². The van der Waals surface area contributed by atoms with Crippen LogP contribution in [0.1, 0.15) is 52.4 Å². The summed E-state index contributed by atoms with van der Waals surface area (Å²) in [7, 11) is 0. The SMILES string of the molecule is CCCCCCC(C)Nc1ccccc1OCCC(N)=O. The molecule has 118 valence electrons. The Morgan fingerprint density at radius 3 is 2.76 bits per heavy atom. The summed E-state index contributed by atoms with van der Waals surface area (Å²) in [6, 6.07) is 8.22. The Kier molecular flexibility index (Phi) is 8.32. The lowest BCUT2D eigenvalue weighted by Gasteiger charge is -2.18. The van der Waals surface area contributed by atoms with E-state index in [0.29, 0.717) is 12.6 Å². The van der Waals surface area contributed by atoms with Crippen LogP contribution < -0.4 is 15.8 Å². The molecule has 0 radical (unpaired) electrons. The first-order valence-electron chi connectivity index (χ1n) is 7.90. The molecule has 3 N–H and O–H groups in total. The van der Waals surface area contributed by atoms with E-state index in [4.69, 9.17) is 10.5 Å². The summed E-state index contributed by atoms with van der Waals surface area (Å²) in [6.07, 6.45) is 6.49. The Bertz CT molecular complexity index is 421. The van der Waals surface area contributed by atoms with Gasteiger partial charge in [-0.15, -0.1) is 0 Å². The molecule has 1 unspecified atom stereocenters. The third-order valence-electron chi connectivity index (χ3n) is 3.39. The van der Waals surface area contributed by atoms with Gasteiger partial charge in [-0.25, -0.2) is 0 Å². The summed E-state index contributed by atoms with van der Waals surface area (Å²) in [5.41, 5.74) is 6.10. The molecule has 0 aliphatic heterocycles. The predicted octanol–water partition coefficient (Wildman–Crippen LogP) is 3.71. The Morgan fingerprint density at radius 2 is 2.05 bits per heavy atom. The number of unbranched alkanes of at least 4 members (excludes halogenated alkanes) is 3. The molecular formula is C17H28N2O2. The molecule has 1 aromatic rings. The van der Waals surface area contributed by atoms with Crippen LogP contribution in [0.4, 0.5) is 5.69 Å². The zero-order valence-electron chi connectivity index (χ0n) is 13.2. The van der Waals surface area contributed by atoms with Crippen molar-refractivity contribution in [1.29, 1.82) is 0 Å². The van der Waals surface area contributed by atoms with Crippen molar-refractivity contribution >= 4 is 11.6 Å². The Labute approximate surface area is 128 Å². The fourth-order valence-electron chi connectivity index (χ4n) is 2.19. The van der Waals surface area contributed by atoms with Gasteiger partial charge in [-0.05, 0) is 25.5 Å². The number of para-hydroxylation sites is 2. The van der Waals surface area contributed by atoms with E-state index in [-0.39, 0.29) is 12.3 Å². The van der Waals surface area contributed by atoms with Crippen molar-refractivity contribution in [1.82, 2.24) is 0 Å². The quantitative estimate of drug-likeness (QED) is 0.611. The molecule has 0 saturated carbocycles. The molecule has 0 fully saturated rings.